The molecule has 5 heteroatoms. The van der Waals surface area contributed by atoms with Crippen LogP contribution in [0.2, 0.25) is 0 Å². The third-order valence-corrected chi connectivity index (χ3v) is 3.12. The molecule has 1 heterocycles. The molecule has 0 fully saturated rings. The predicted molar refractivity (Wildman–Crippen MR) is 73.4 cm³/mol. The lowest BCUT2D eigenvalue weighted by Gasteiger charge is -2.18. The summed E-state index contributed by atoms with van der Waals surface area (Å²) in [7, 11) is 0. The molecule has 1 aromatic heterocycles. The molecule has 1 amide bonds. The SMILES string of the molecule is CC(C)CC(CCO)CNC(=O)c1ccc(Br)o1. The quantitative estimate of drug-likeness (QED) is 0.812. The summed E-state index contributed by atoms with van der Waals surface area (Å²) in [6.07, 6.45) is 1.70. The van der Waals surface area contributed by atoms with E-state index >= 15 is 0 Å². The second-order valence-electron chi connectivity index (χ2n) is 4.82. The Balaban J connectivity index is 2.43. The number of halogens is 1. The molecule has 0 aliphatic rings. The standard InChI is InChI=1S/C13H20BrNO3/c1-9(2)7-10(5-6-16)8-15-13(17)11-3-4-12(14)18-11/h3-4,9-10,16H,5-8H2,1-2H3,(H,15,17). The van der Waals surface area contributed by atoms with Crippen LogP contribution in [0.25, 0.3) is 0 Å². The van der Waals surface area contributed by atoms with Crippen LogP contribution in [0.5, 0.6) is 0 Å². The zero-order valence-corrected chi connectivity index (χ0v) is 12.4. The van der Waals surface area contributed by atoms with Crippen LogP contribution in [0, 0.1) is 11.8 Å². The van der Waals surface area contributed by atoms with Gasteiger partial charge in [-0.2, -0.15) is 0 Å². The molecule has 1 atom stereocenters. The van der Waals surface area contributed by atoms with Gasteiger partial charge in [0, 0.05) is 13.2 Å². The summed E-state index contributed by atoms with van der Waals surface area (Å²) >= 11 is 3.16. The van der Waals surface area contributed by atoms with E-state index in [0.29, 0.717) is 35.2 Å². The highest BCUT2D eigenvalue weighted by Gasteiger charge is 2.14. The first kappa shape index (κ1) is 15.2. The number of aliphatic hydroxyl groups excluding tert-OH is 1. The molecular formula is C13H20BrNO3. The fraction of sp³-hybridized carbons (Fsp3) is 0.615. The molecule has 18 heavy (non-hydrogen) atoms. The summed E-state index contributed by atoms with van der Waals surface area (Å²) in [5.74, 6) is 0.940. The smallest absolute Gasteiger partial charge is 0.287 e. The minimum absolute atomic E-state index is 0.152. The van der Waals surface area contributed by atoms with E-state index in [4.69, 9.17) is 9.52 Å². The van der Waals surface area contributed by atoms with Gasteiger partial charge >= 0.3 is 0 Å². The van der Waals surface area contributed by atoms with Gasteiger partial charge in [-0.05, 0) is 52.7 Å². The Kier molecular flexibility index (Phi) is 6.43. The molecule has 1 unspecified atom stereocenters. The van der Waals surface area contributed by atoms with E-state index < -0.39 is 0 Å². The molecule has 4 nitrogen and oxygen atoms in total. The molecule has 0 spiro atoms. The van der Waals surface area contributed by atoms with Gasteiger partial charge in [-0.15, -0.1) is 0 Å². The van der Waals surface area contributed by atoms with Crippen molar-refractivity contribution in [2.24, 2.45) is 11.8 Å². The van der Waals surface area contributed by atoms with Crippen LogP contribution in [0.3, 0.4) is 0 Å². The lowest BCUT2D eigenvalue weighted by atomic mass is 9.94. The molecule has 1 rings (SSSR count). The van der Waals surface area contributed by atoms with Gasteiger partial charge in [0.15, 0.2) is 10.4 Å². The molecule has 0 aliphatic heterocycles. The van der Waals surface area contributed by atoms with Crippen molar-refractivity contribution in [1.29, 1.82) is 0 Å². The van der Waals surface area contributed by atoms with Crippen LogP contribution in [-0.2, 0) is 0 Å². The van der Waals surface area contributed by atoms with E-state index in [1.54, 1.807) is 12.1 Å². The maximum absolute atomic E-state index is 11.8. The van der Waals surface area contributed by atoms with Crippen LogP contribution in [0.4, 0.5) is 0 Å². The summed E-state index contributed by atoms with van der Waals surface area (Å²) in [6, 6.07) is 3.32. The predicted octanol–water partition coefficient (Wildman–Crippen LogP) is 2.82. The topological polar surface area (TPSA) is 62.5 Å². The van der Waals surface area contributed by atoms with Gasteiger partial charge in [0.2, 0.25) is 0 Å². The van der Waals surface area contributed by atoms with Gasteiger partial charge in [0.25, 0.3) is 5.91 Å². The van der Waals surface area contributed by atoms with Gasteiger partial charge in [-0.3, -0.25) is 4.79 Å². The average Bonchev–Trinajstić information content (AvgIpc) is 2.72. The number of hydrogen-bond donors (Lipinski definition) is 2. The molecule has 0 aromatic carbocycles. The zero-order valence-electron chi connectivity index (χ0n) is 10.8. The number of carbonyl (C=O) groups excluding carboxylic acids is 1. The molecular weight excluding hydrogens is 298 g/mol. The maximum Gasteiger partial charge on any atom is 0.287 e. The van der Waals surface area contributed by atoms with E-state index in [0.717, 1.165) is 6.42 Å². The second kappa shape index (κ2) is 7.59. The van der Waals surface area contributed by atoms with Crippen LogP contribution in [0.1, 0.15) is 37.2 Å². The van der Waals surface area contributed by atoms with Crippen molar-refractivity contribution in [3.8, 4) is 0 Å². The second-order valence-corrected chi connectivity index (χ2v) is 5.60. The maximum atomic E-state index is 11.8. The lowest BCUT2D eigenvalue weighted by molar-refractivity contribution is 0.0912. The highest BCUT2D eigenvalue weighted by atomic mass is 79.9. The van der Waals surface area contributed by atoms with Crippen LogP contribution in [-0.4, -0.2) is 24.2 Å². The Morgan fingerprint density at radius 1 is 1.50 bits per heavy atom. The fourth-order valence-electron chi connectivity index (χ4n) is 1.91. The Labute approximate surface area is 116 Å². The minimum atomic E-state index is -0.215. The molecule has 0 radical (unpaired) electrons. The third-order valence-electron chi connectivity index (χ3n) is 2.69. The van der Waals surface area contributed by atoms with E-state index in [1.165, 1.54) is 0 Å². The number of rotatable bonds is 7. The number of carbonyl (C=O) groups is 1. The van der Waals surface area contributed by atoms with E-state index in [-0.39, 0.29) is 12.5 Å². The van der Waals surface area contributed by atoms with Gasteiger partial charge in [0.1, 0.15) is 0 Å². The van der Waals surface area contributed by atoms with Crippen molar-refractivity contribution in [2.75, 3.05) is 13.2 Å². The third kappa shape index (κ3) is 5.23. The number of furan rings is 1. The van der Waals surface area contributed by atoms with Gasteiger partial charge < -0.3 is 14.8 Å². The minimum Gasteiger partial charge on any atom is -0.444 e. The number of nitrogens with one attached hydrogen (secondary N) is 1. The van der Waals surface area contributed by atoms with Gasteiger partial charge in [-0.25, -0.2) is 0 Å². The molecule has 0 aliphatic carbocycles. The van der Waals surface area contributed by atoms with E-state index in [2.05, 4.69) is 35.1 Å². The Morgan fingerprint density at radius 3 is 2.72 bits per heavy atom. The molecule has 0 saturated heterocycles. The highest BCUT2D eigenvalue weighted by Crippen LogP contribution is 2.16. The molecule has 102 valence electrons. The van der Waals surface area contributed by atoms with Crippen LogP contribution < -0.4 is 5.32 Å². The van der Waals surface area contributed by atoms with Crippen molar-refractivity contribution in [3.05, 3.63) is 22.6 Å². The zero-order chi connectivity index (χ0) is 13.5. The van der Waals surface area contributed by atoms with E-state index in [1.807, 2.05) is 0 Å². The normalized spacial score (nSPS) is 12.7. The van der Waals surface area contributed by atoms with Crippen molar-refractivity contribution in [2.45, 2.75) is 26.7 Å². The number of hydrogen-bond acceptors (Lipinski definition) is 3. The van der Waals surface area contributed by atoms with E-state index in [9.17, 15) is 4.79 Å². The Morgan fingerprint density at radius 2 is 2.22 bits per heavy atom. The fourth-order valence-corrected chi connectivity index (χ4v) is 2.22. The van der Waals surface area contributed by atoms with Crippen molar-refractivity contribution >= 4 is 21.8 Å². The summed E-state index contributed by atoms with van der Waals surface area (Å²) in [5, 5.41) is 11.8. The van der Waals surface area contributed by atoms with Crippen LogP contribution >= 0.6 is 15.9 Å². The molecule has 0 bridgehead atoms. The monoisotopic (exact) mass is 317 g/mol. The van der Waals surface area contributed by atoms with Gasteiger partial charge in [-0.1, -0.05) is 13.8 Å². The first-order valence-electron chi connectivity index (χ1n) is 6.17. The number of aliphatic hydroxyl groups is 1. The Bertz CT molecular complexity index is 376. The van der Waals surface area contributed by atoms with Gasteiger partial charge in [0.05, 0.1) is 0 Å². The molecule has 2 N–H and O–H groups in total. The summed E-state index contributed by atoms with van der Waals surface area (Å²) in [4.78, 5) is 11.8. The highest BCUT2D eigenvalue weighted by molar-refractivity contribution is 9.10. The average molecular weight is 318 g/mol. The summed E-state index contributed by atoms with van der Waals surface area (Å²) in [6.45, 7) is 4.99. The van der Waals surface area contributed by atoms with Crippen LogP contribution in [0.15, 0.2) is 21.2 Å². The van der Waals surface area contributed by atoms with Crippen molar-refractivity contribution < 1.29 is 14.3 Å². The number of amides is 1. The Hall–Kier alpha value is -0.810. The summed E-state index contributed by atoms with van der Waals surface area (Å²) in [5.41, 5.74) is 0. The van der Waals surface area contributed by atoms with Crippen molar-refractivity contribution in [1.82, 2.24) is 5.32 Å². The first-order valence-corrected chi connectivity index (χ1v) is 6.96. The lowest BCUT2D eigenvalue weighted by Crippen LogP contribution is -2.30. The molecule has 0 saturated carbocycles. The first-order chi connectivity index (χ1) is 8.52. The summed E-state index contributed by atoms with van der Waals surface area (Å²) < 4.78 is 5.72. The van der Waals surface area contributed by atoms with Crippen molar-refractivity contribution in [3.63, 3.8) is 0 Å². The largest absolute Gasteiger partial charge is 0.444 e. The molecule has 1 aromatic rings.